The maximum Gasteiger partial charge on any atom is 0.167 e. The first-order valence-corrected chi connectivity index (χ1v) is 7.86. The highest BCUT2D eigenvalue weighted by atomic mass is 16.5. The number of hydrogen-bond acceptors (Lipinski definition) is 2. The Balaban J connectivity index is 2.12. The number of rotatable bonds is 3. The summed E-state index contributed by atoms with van der Waals surface area (Å²) in [5, 5.41) is 0. The smallest absolute Gasteiger partial charge is 0.167 e. The van der Waals surface area contributed by atoms with Crippen molar-refractivity contribution in [2.24, 2.45) is 22.7 Å². The lowest BCUT2D eigenvalue weighted by atomic mass is 9.62. The van der Waals surface area contributed by atoms with Gasteiger partial charge in [0, 0.05) is 5.41 Å². The number of hydrogen-bond donors (Lipinski definition) is 0. The van der Waals surface area contributed by atoms with Gasteiger partial charge >= 0.3 is 0 Å². The molecule has 1 saturated carbocycles. The highest BCUT2D eigenvalue weighted by Gasteiger charge is 2.50. The van der Waals surface area contributed by atoms with Gasteiger partial charge in [0.25, 0.3) is 0 Å². The average Bonchev–Trinajstić information content (AvgIpc) is 2.37. The summed E-state index contributed by atoms with van der Waals surface area (Å²) < 4.78 is 6.22. The molecule has 0 aromatic rings. The monoisotopic (exact) mass is 266 g/mol. The SMILES string of the molecule is CCC(C)(C)C(=O)C1OC2CCC1CC2C(C)(C)C. The molecule has 3 fully saturated rings. The molecule has 0 radical (unpaired) electrons. The van der Waals surface area contributed by atoms with E-state index in [1.54, 1.807) is 0 Å². The van der Waals surface area contributed by atoms with Gasteiger partial charge in [-0.2, -0.15) is 0 Å². The van der Waals surface area contributed by atoms with Crippen LogP contribution in [0.15, 0.2) is 0 Å². The second kappa shape index (κ2) is 4.87. The van der Waals surface area contributed by atoms with Gasteiger partial charge in [0.15, 0.2) is 5.78 Å². The van der Waals surface area contributed by atoms with Crippen molar-refractivity contribution in [3.8, 4) is 0 Å². The van der Waals surface area contributed by atoms with E-state index in [1.807, 2.05) is 0 Å². The molecule has 2 heterocycles. The average molecular weight is 266 g/mol. The lowest BCUT2D eigenvalue weighted by Gasteiger charge is -2.52. The molecule has 2 saturated heterocycles. The van der Waals surface area contributed by atoms with E-state index in [-0.39, 0.29) is 16.9 Å². The quantitative estimate of drug-likeness (QED) is 0.764. The molecular formula is C17H30O2. The van der Waals surface area contributed by atoms with Crippen LogP contribution in [0.1, 0.15) is 67.2 Å². The molecule has 0 N–H and O–H groups in total. The lowest BCUT2D eigenvalue weighted by molar-refractivity contribution is -0.190. The van der Waals surface area contributed by atoms with Gasteiger partial charge in [0.05, 0.1) is 6.10 Å². The van der Waals surface area contributed by atoms with Crippen LogP contribution < -0.4 is 0 Å². The second-order valence-electron chi connectivity index (χ2n) is 8.24. The molecule has 4 atom stereocenters. The van der Waals surface area contributed by atoms with Crippen molar-refractivity contribution in [2.45, 2.75) is 79.4 Å². The minimum atomic E-state index is -0.237. The molecule has 3 rings (SSSR count). The summed E-state index contributed by atoms with van der Waals surface area (Å²) >= 11 is 0. The third-order valence-electron chi connectivity index (χ3n) is 5.50. The van der Waals surface area contributed by atoms with Gasteiger partial charge in [-0.25, -0.2) is 0 Å². The summed E-state index contributed by atoms with van der Waals surface area (Å²) in [6, 6.07) is 0. The molecular weight excluding hydrogens is 236 g/mol. The first kappa shape index (κ1) is 15.0. The molecule has 0 aromatic heterocycles. The third kappa shape index (κ3) is 2.74. The van der Waals surface area contributed by atoms with Crippen molar-refractivity contribution < 1.29 is 9.53 Å². The van der Waals surface area contributed by atoms with Crippen LogP contribution in [0, 0.1) is 22.7 Å². The third-order valence-corrected chi connectivity index (χ3v) is 5.50. The zero-order chi connectivity index (χ0) is 14.4. The van der Waals surface area contributed by atoms with Crippen LogP contribution in [-0.4, -0.2) is 18.0 Å². The van der Waals surface area contributed by atoms with E-state index in [0.717, 1.165) is 12.8 Å². The molecule has 3 aliphatic rings. The van der Waals surface area contributed by atoms with E-state index in [1.165, 1.54) is 12.8 Å². The van der Waals surface area contributed by atoms with Gasteiger partial charge < -0.3 is 4.74 Å². The van der Waals surface area contributed by atoms with E-state index in [9.17, 15) is 4.79 Å². The Morgan fingerprint density at radius 2 is 1.79 bits per heavy atom. The van der Waals surface area contributed by atoms with Crippen molar-refractivity contribution in [1.29, 1.82) is 0 Å². The summed E-state index contributed by atoms with van der Waals surface area (Å²) in [4.78, 5) is 12.7. The fourth-order valence-electron chi connectivity index (χ4n) is 3.66. The molecule has 19 heavy (non-hydrogen) atoms. The number of carbonyl (C=O) groups is 1. The number of Topliss-reactive ketones (excluding diaryl/α,β-unsaturated/α-hetero) is 1. The van der Waals surface area contributed by atoms with Crippen LogP contribution in [0.5, 0.6) is 0 Å². The Kier molecular flexibility index (Phi) is 3.85. The van der Waals surface area contributed by atoms with Gasteiger partial charge in [-0.1, -0.05) is 41.5 Å². The van der Waals surface area contributed by atoms with Gasteiger partial charge in [-0.05, 0) is 42.9 Å². The van der Waals surface area contributed by atoms with Crippen molar-refractivity contribution in [1.82, 2.24) is 0 Å². The van der Waals surface area contributed by atoms with Crippen molar-refractivity contribution in [2.75, 3.05) is 0 Å². The number of ketones is 1. The molecule has 2 nitrogen and oxygen atoms in total. The maximum atomic E-state index is 12.7. The van der Waals surface area contributed by atoms with Gasteiger partial charge in [-0.15, -0.1) is 0 Å². The van der Waals surface area contributed by atoms with E-state index >= 15 is 0 Å². The molecule has 110 valence electrons. The first-order chi connectivity index (χ1) is 8.66. The second-order valence-corrected chi connectivity index (χ2v) is 8.24. The molecule has 2 heteroatoms. The Morgan fingerprint density at radius 1 is 1.16 bits per heavy atom. The zero-order valence-corrected chi connectivity index (χ0v) is 13.5. The van der Waals surface area contributed by atoms with Crippen molar-refractivity contribution in [3.63, 3.8) is 0 Å². The lowest BCUT2D eigenvalue weighted by Crippen LogP contribution is -2.55. The minimum Gasteiger partial charge on any atom is -0.367 e. The molecule has 2 bridgehead atoms. The summed E-state index contributed by atoms with van der Waals surface area (Å²) in [7, 11) is 0. The first-order valence-electron chi connectivity index (χ1n) is 7.86. The van der Waals surface area contributed by atoms with E-state index in [0.29, 0.717) is 23.7 Å². The Hall–Kier alpha value is -0.370. The molecule has 0 amide bonds. The van der Waals surface area contributed by atoms with Crippen LogP contribution in [0.4, 0.5) is 0 Å². The molecule has 0 spiro atoms. The highest BCUT2D eigenvalue weighted by Crippen LogP contribution is 2.49. The van der Waals surface area contributed by atoms with Gasteiger partial charge in [0.2, 0.25) is 0 Å². The summed E-state index contributed by atoms with van der Waals surface area (Å²) in [6.45, 7) is 13.1. The number of fused-ring (bicyclic) bond motifs is 3. The largest absolute Gasteiger partial charge is 0.367 e. The highest BCUT2D eigenvalue weighted by molar-refractivity contribution is 5.88. The Bertz CT molecular complexity index is 351. The van der Waals surface area contributed by atoms with Crippen LogP contribution >= 0.6 is 0 Å². The van der Waals surface area contributed by atoms with Crippen LogP contribution in [0.2, 0.25) is 0 Å². The Morgan fingerprint density at radius 3 is 2.21 bits per heavy atom. The number of ether oxygens (including phenoxy) is 1. The number of carbonyl (C=O) groups excluding carboxylic acids is 1. The Labute approximate surface area is 118 Å². The van der Waals surface area contributed by atoms with Gasteiger partial charge in [-0.3, -0.25) is 4.79 Å². The normalized spacial score (nSPS) is 35.5. The summed E-state index contributed by atoms with van der Waals surface area (Å²) in [5.41, 5.74) is 0.0526. The van der Waals surface area contributed by atoms with Crippen LogP contribution in [-0.2, 0) is 9.53 Å². The fraction of sp³-hybridized carbons (Fsp3) is 0.941. The van der Waals surface area contributed by atoms with Crippen LogP contribution in [0.25, 0.3) is 0 Å². The van der Waals surface area contributed by atoms with E-state index in [4.69, 9.17) is 4.74 Å². The topological polar surface area (TPSA) is 26.3 Å². The summed E-state index contributed by atoms with van der Waals surface area (Å²) in [6.07, 6.45) is 4.55. The standard InChI is InChI=1S/C17H30O2/c1-7-17(5,6)15(18)14-11-8-9-13(19-14)12(10-11)16(2,3)4/h11-14H,7-10H2,1-6H3. The molecule has 1 aliphatic carbocycles. The van der Waals surface area contributed by atoms with Crippen molar-refractivity contribution >= 4 is 5.78 Å². The van der Waals surface area contributed by atoms with E-state index in [2.05, 4.69) is 41.5 Å². The molecule has 4 unspecified atom stereocenters. The molecule has 0 aromatic carbocycles. The predicted octanol–water partition coefficient (Wildman–Crippen LogP) is 4.22. The van der Waals surface area contributed by atoms with Crippen molar-refractivity contribution in [3.05, 3.63) is 0 Å². The van der Waals surface area contributed by atoms with E-state index < -0.39 is 0 Å². The summed E-state index contributed by atoms with van der Waals surface area (Å²) in [5.74, 6) is 1.39. The zero-order valence-electron chi connectivity index (χ0n) is 13.5. The molecule has 2 aliphatic heterocycles. The van der Waals surface area contributed by atoms with Crippen LogP contribution in [0.3, 0.4) is 0 Å². The van der Waals surface area contributed by atoms with Gasteiger partial charge in [0.1, 0.15) is 6.10 Å². The predicted molar refractivity (Wildman–Crippen MR) is 78.0 cm³/mol. The maximum absolute atomic E-state index is 12.7. The fourth-order valence-corrected chi connectivity index (χ4v) is 3.66. The minimum absolute atomic E-state index is 0.132.